The summed E-state index contributed by atoms with van der Waals surface area (Å²) in [5.41, 5.74) is 5.17. The van der Waals surface area contributed by atoms with Crippen LogP contribution < -0.4 is 11.1 Å². The number of amides is 2. The summed E-state index contributed by atoms with van der Waals surface area (Å²) in [7, 11) is 0. The van der Waals surface area contributed by atoms with Crippen LogP contribution in [0.2, 0.25) is 0 Å². The number of nitrogens with two attached hydrogens (primary N) is 1. The third-order valence-corrected chi connectivity index (χ3v) is 2.62. The molecule has 5 heteroatoms. The number of rotatable bonds is 3. The highest BCUT2D eigenvalue weighted by molar-refractivity contribution is 5.82. The second-order valence-electron chi connectivity index (χ2n) is 3.77. The van der Waals surface area contributed by atoms with Gasteiger partial charge in [-0.3, -0.25) is 14.5 Å². The van der Waals surface area contributed by atoms with Gasteiger partial charge < -0.3 is 11.1 Å². The van der Waals surface area contributed by atoms with Gasteiger partial charge in [0, 0.05) is 25.6 Å². The molecular weight excluding hydrogens is 182 g/mol. The molecule has 0 saturated carbocycles. The number of nitrogens with one attached hydrogen (secondary N) is 1. The highest BCUT2D eigenvalue weighted by Crippen LogP contribution is 2.07. The third-order valence-electron chi connectivity index (χ3n) is 2.62. The molecular formula is C9H17N3O2. The molecule has 0 aromatic rings. The zero-order valence-electron chi connectivity index (χ0n) is 8.62. The Bertz CT molecular complexity index is 242. The summed E-state index contributed by atoms with van der Waals surface area (Å²) in [6.45, 7) is 5.60. The summed E-state index contributed by atoms with van der Waals surface area (Å²) in [4.78, 5) is 24.1. The van der Waals surface area contributed by atoms with Gasteiger partial charge in [-0.15, -0.1) is 0 Å². The van der Waals surface area contributed by atoms with Crippen LogP contribution in [0.25, 0.3) is 0 Å². The van der Waals surface area contributed by atoms with Gasteiger partial charge in [-0.2, -0.15) is 0 Å². The molecule has 0 radical (unpaired) electrons. The van der Waals surface area contributed by atoms with E-state index in [0.29, 0.717) is 13.1 Å². The molecule has 5 nitrogen and oxygen atoms in total. The van der Waals surface area contributed by atoms with E-state index in [0.717, 1.165) is 6.54 Å². The number of carbonyl (C=O) groups excluding carboxylic acids is 2. The van der Waals surface area contributed by atoms with Crippen molar-refractivity contribution in [3.05, 3.63) is 0 Å². The van der Waals surface area contributed by atoms with E-state index in [1.165, 1.54) is 0 Å². The van der Waals surface area contributed by atoms with Crippen LogP contribution in [0.4, 0.5) is 0 Å². The van der Waals surface area contributed by atoms with Crippen molar-refractivity contribution in [3.63, 3.8) is 0 Å². The number of piperazine rings is 1. The van der Waals surface area contributed by atoms with Crippen molar-refractivity contribution in [1.29, 1.82) is 0 Å². The van der Waals surface area contributed by atoms with Gasteiger partial charge in [0.25, 0.3) is 0 Å². The Kier molecular flexibility index (Phi) is 3.46. The first-order valence-corrected chi connectivity index (χ1v) is 4.83. The maximum Gasteiger partial charge on any atom is 0.237 e. The molecule has 2 amide bonds. The minimum Gasteiger partial charge on any atom is -0.369 e. The van der Waals surface area contributed by atoms with Crippen LogP contribution in [0.5, 0.6) is 0 Å². The Morgan fingerprint density at radius 3 is 3.00 bits per heavy atom. The SMILES string of the molecule is CC(CN1CCNC(=O)C1C)C(N)=O. The zero-order chi connectivity index (χ0) is 10.7. The van der Waals surface area contributed by atoms with Gasteiger partial charge in [0.05, 0.1) is 6.04 Å². The zero-order valence-corrected chi connectivity index (χ0v) is 8.62. The fourth-order valence-corrected chi connectivity index (χ4v) is 1.52. The van der Waals surface area contributed by atoms with E-state index in [9.17, 15) is 9.59 Å². The molecule has 1 fully saturated rings. The maximum absolute atomic E-state index is 11.3. The Labute approximate surface area is 83.6 Å². The number of carbonyl (C=O) groups is 2. The Morgan fingerprint density at radius 2 is 2.43 bits per heavy atom. The monoisotopic (exact) mass is 199 g/mol. The Balaban J connectivity index is 2.51. The molecule has 2 atom stereocenters. The van der Waals surface area contributed by atoms with E-state index in [2.05, 4.69) is 5.32 Å². The van der Waals surface area contributed by atoms with E-state index < -0.39 is 0 Å². The van der Waals surface area contributed by atoms with Gasteiger partial charge in [-0.1, -0.05) is 6.92 Å². The second-order valence-corrected chi connectivity index (χ2v) is 3.77. The summed E-state index contributed by atoms with van der Waals surface area (Å²) in [6, 6.07) is -0.162. The van der Waals surface area contributed by atoms with Gasteiger partial charge in [-0.25, -0.2) is 0 Å². The molecule has 1 aliphatic heterocycles. The lowest BCUT2D eigenvalue weighted by Gasteiger charge is -2.33. The average Bonchev–Trinajstić information content (AvgIpc) is 2.12. The largest absolute Gasteiger partial charge is 0.369 e. The number of nitrogens with zero attached hydrogens (tertiary/aromatic N) is 1. The lowest BCUT2D eigenvalue weighted by molar-refractivity contribution is -0.130. The van der Waals surface area contributed by atoms with Crippen LogP contribution in [0.15, 0.2) is 0 Å². The predicted molar refractivity (Wildman–Crippen MR) is 52.4 cm³/mol. The lowest BCUT2D eigenvalue weighted by Crippen LogP contribution is -2.55. The van der Waals surface area contributed by atoms with Gasteiger partial charge in [0.2, 0.25) is 11.8 Å². The van der Waals surface area contributed by atoms with Crippen molar-refractivity contribution in [2.75, 3.05) is 19.6 Å². The standard InChI is InChI=1S/C9H17N3O2/c1-6(8(10)13)5-12-4-3-11-9(14)7(12)2/h6-7H,3-5H2,1-2H3,(H2,10,13)(H,11,14). The molecule has 3 N–H and O–H groups in total. The molecule has 1 saturated heterocycles. The molecule has 0 aliphatic carbocycles. The molecule has 14 heavy (non-hydrogen) atoms. The minimum atomic E-state index is -0.316. The quantitative estimate of drug-likeness (QED) is 0.607. The van der Waals surface area contributed by atoms with Crippen molar-refractivity contribution < 1.29 is 9.59 Å². The predicted octanol–water partition coefficient (Wildman–Crippen LogP) is -1.07. The van der Waals surface area contributed by atoms with E-state index >= 15 is 0 Å². The first-order chi connectivity index (χ1) is 6.52. The topological polar surface area (TPSA) is 75.4 Å². The molecule has 0 spiro atoms. The second kappa shape index (κ2) is 4.41. The number of hydrogen-bond acceptors (Lipinski definition) is 3. The van der Waals surface area contributed by atoms with Crippen LogP contribution in [0.3, 0.4) is 0 Å². The Morgan fingerprint density at radius 1 is 1.79 bits per heavy atom. The average molecular weight is 199 g/mol. The minimum absolute atomic E-state index is 0.0212. The highest BCUT2D eigenvalue weighted by atomic mass is 16.2. The highest BCUT2D eigenvalue weighted by Gasteiger charge is 2.27. The van der Waals surface area contributed by atoms with Crippen LogP contribution in [-0.2, 0) is 9.59 Å². The smallest absolute Gasteiger partial charge is 0.237 e. The molecule has 1 rings (SSSR count). The summed E-state index contributed by atoms with van der Waals surface area (Å²) in [5.74, 6) is -0.501. The molecule has 1 heterocycles. The van der Waals surface area contributed by atoms with Crippen LogP contribution in [-0.4, -0.2) is 42.4 Å². The van der Waals surface area contributed by atoms with E-state index in [4.69, 9.17) is 5.73 Å². The van der Waals surface area contributed by atoms with Crippen molar-refractivity contribution in [2.45, 2.75) is 19.9 Å². The van der Waals surface area contributed by atoms with Gasteiger partial charge in [0.15, 0.2) is 0 Å². The molecule has 0 aromatic heterocycles. The van der Waals surface area contributed by atoms with E-state index in [1.54, 1.807) is 6.92 Å². The van der Waals surface area contributed by atoms with Crippen LogP contribution >= 0.6 is 0 Å². The first kappa shape index (κ1) is 11.0. The first-order valence-electron chi connectivity index (χ1n) is 4.83. The number of hydrogen-bond donors (Lipinski definition) is 2. The van der Waals surface area contributed by atoms with Crippen molar-refractivity contribution in [3.8, 4) is 0 Å². The van der Waals surface area contributed by atoms with Crippen LogP contribution in [0.1, 0.15) is 13.8 Å². The van der Waals surface area contributed by atoms with Gasteiger partial charge in [-0.05, 0) is 6.92 Å². The normalized spacial score (nSPS) is 25.6. The summed E-state index contributed by atoms with van der Waals surface area (Å²) in [6.07, 6.45) is 0. The maximum atomic E-state index is 11.3. The fourth-order valence-electron chi connectivity index (χ4n) is 1.52. The van der Waals surface area contributed by atoms with Crippen molar-refractivity contribution in [1.82, 2.24) is 10.2 Å². The summed E-state index contributed by atoms with van der Waals surface area (Å²) < 4.78 is 0. The summed E-state index contributed by atoms with van der Waals surface area (Å²) >= 11 is 0. The third kappa shape index (κ3) is 2.45. The van der Waals surface area contributed by atoms with E-state index in [-0.39, 0.29) is 23.8 Å². The summed E-state index contributed by atoms with van der Waals surface area (Å²) in [5, 5.41) is 2.77. The van der Waals surface area contributed by atoms with Gasteiger partial charge >= 0.3 is 0 Å². The molecule has 1 aliphatic rings. The molecule has 2 unspecified atom stereocenters. The molecule has 80 valence electrons. The molecule has 0 aromatic carbocycles. The molecule has 0 bridgehead atoms. The number of primary amides is 1. The van der Waals surface area contributed by atoms with Crippen molar-refractivity contribution in [2.24, 2.45) is 11.7 Å². The van der Waals surface area contributed by atoms with Gasteiger partial charge in [0.1, 0.15) is 0 Å². The van der Waals surface area contributed by atoms with Crippen molar-refractivity contribution >= 4 is 11.8 Å². The fraction of sp³-hybridized carbons (Fsp3) is 0.778. The van der Waals surface area contributed by atoms with Crippen LogP contribution in [0, 0.1) is 5.92 Å². The Hall–Kier alpha value is -1.10. The van der Waals surface area contributed by atoms with E-state index in [1.807, 2.05) is 11.8 Å². The lowest BCUT2D eigenvalue weighted by atomic mass is 10.1.